The Morgan fingerprint density at radius 1 is 1.40 bits per heavy atom. The molecule has 0 spiro atoms. The Kier molecular flexibility index (Phi) is 4.76. The largest absolute Gasteiger partial charge is 0.495 e. The zero-order valence-electron chi connectivity index (χ0n) is 9.51. The van der Waals surface area contributed by atoms with Crippen molar-refractivity contribution in [2.75, 3.05) is 19.0 Å². The van der Waals surface area contributed by atoms with Crippen molar-refractivity contribution in [3.63, 3.8) is 0 Å². The number of nitrogens with one attached hydrogen (secondary N) is 1. The molecule has 15 heavy (non-hydrogen) atoms. The molecule has 1 aromatic carbocycles. The summed E-state index contributed by atoms with van der Waals surface area (Å²) in [6.07, 6.45) is 1.13. The molecule has 3 heteroatoms. The summed E-state index contributed by atoms with van der Waals surface area (Å²) in [5, 5.41) is 4.05. The van der Waals surface area contributed by atoms with E-state index in [9.17, 15) is 0 Å². The Morgan fingerprint density at radius 3 is 2.73 bits per heavy atom. The predicted molar refractivity (Wildman–Crippen MR) is 65.9 cm³/mol. The highest BCUT2D eigenvalue weighted by Crippen LogP contribution is 2.27. The van der Waals surface area contributed by atoms with Crippen LogP contribution >= 0.6 is 11.6 Å². The molecule has 1 N–H and O–H groups in total. The van der Waals surface area contributed by atoms with Gasteiger partial charge in [-0.15, -0.1) is 0 Å². The highest BCUT2D eigenvalue weighted by Gasteiger charge is 2.03. The summed E-state index contributed by atoms with van der Waals surface area (Å²) in [5.74, 6) is 1.53. The second-order valence-corrected chi connectivity index (χ2v) is 4.39. The van der Waals surface area contributed by atoms with Crippen LogP contribution in [0.4, 0.5) is 5.69 Å². The van der Waals surface area contributed by atoms with Gasteiger partial charge in [0.25, 0.3) is 0 Å². The minimum atomic E-state index is 0.697. The zero-order valence-corrected chi connectivity index (χ0v) is 10.3. The lowest BCUT2D eigenvalue weighted by Gasteiger charge is -2.12. The van der Waals surface area contributed by atoms with Crippen LogP contribution in [0.1, 0.15) is 20.3 Å². The van der Waals surface area contributed by atoms with E-state index in [4.69, 9.17) is 16.3 Å². The van der Waals surface area contributed by atoms with Gasteiger partial charge < -0.3 is 10.1 Å². The molecule has 0 saturated heterocycles. The third-order valence-corrected chi connectivity index (χ3v) is 2.43. The summed E-state index contributed by atoms with van der Waals surface area (Å²) >= 11 is 5.92. The average Bonchev–Trinajstić information content (AvgIpc) is 2.17. The van der Waals surface area contributed by atoms with Crippen molar-refractivity contribution in [2.45, 2.75) is 20.3 Å². The minimum absolute atomic E-state index is 0.697. The molecule has 0 atom stereocenters. The standard InChI is InChI=1S/C12H18ClNO/c1-9(2)6-7-14-11-8-10(13)4-5-12(11)15-3/h4-5,8-9,14H,6-7H2,1-3H3. The number of hydrogen-bond donors (Lipinski definition) is 1. The maximum absolute atomic E-state index is 5.92. The van der Waals surface area contributed by atoms with Gasteiger partial charge in [-0.1, -0.05) is 25.4 Å². The van der Waals surface area contributed by atoms with Gasteiger partial charge in [0.2, 0.25) is 0 Å². The van der Waals surface area contributed by atoms with Crippen LogP contribution < -0.4 is 10.1 Å². The molecule has 0 aliphatic heterocycles. The lowest BCUT2D eigenvalue weighted by molar-refractivity contribution is 0.416. The average molecular weight is 228 g/mol. The molecule has 0 aliphatic carbocycles. The third-order valence-electron chi connectivity index (χ3n) is 2.20. The van der Waals surface area contributed by atoms with E-state index < -0.39 is 0 Å². The van der Waals surface area contributed by atoms with Crippen molar-refractivity contribution >= 4 is 17.3 Å². The van der Waals surface area contributed by atoms with Gasteiger partial charge >= 0.3 is 0 Å². The molecule has 0 radical (unpaired) electrons. The van der Waals surface area contributed by atoms with Crippen molar-refractivity contribution in [2.24, 2.45) is 5.92 Å². The second-order valence-electron chi connectivity index (χ2n) is 3.95. The molecule has 84 valence electrons. The summed E-state index contributed by atoms with van der Waals surface area (Å²) in [5.41, 5.74) is 0.964. The molecule has 0 saturated carbocycles. The summed E-state index contributed by atoms with van der Waals surface area (Å²) < 4.78 is 5.24. The zero-order chi connectivity index (χ0) is 11.3. The van der Waals surface area contributed by atoms with Crippen molar-refractivity contribution < 1.29 is 4.74 Å². The lowest BCUT2D eigenvalue weighted by Crippen LogP contribution is -2.05. The molecule has 0 heterocycles. The highest BCUT2D eigenvalue weighted by molar-refractivity contribution is 6.30. The second kappa shape index (κ2) is 5.86. The summed E-state index contributed by atoms with van der Waals surface area (Å²) in [4.78, 5) is 0. The van der Waals surface area contributed by atoms with Gasteiger partial charge in [0.1, 0.15) is 5.75 Å². The van der Waals surface area contributed by atoms with Gasteiger partial charge in [0, 0.05) is 11.6 Å². The van der Waals surface area contributed by atoms with Crippen LogP contribution in [0.15, 0.2) is 18.2 Å². The van der Waals surface area contributed by atoms with Crippen LogP contribution in [0.25, 0.3) is 0 Å². The fraction of sp³-hybridized carbons (Fsp3) is 0.500. The summed E-state index contributed by atoms with van der Waals surface area (Å²) in [6.45, 7) is 5.35. The first-order valence-corrected chi connectivity index (χ1v) is 5.58. The van der Waals surface area contributed by atoms with Crippen molar-refractivity contribution in [1.82, 2.24) is 0 Å². The summed E-state index contributed by atoms with van der Waals surface area (Å²) in [7, 11) is 1.66. The number of hydrogen-bond acceptors (Lipinski definition) is 2. The number of benzene rings is 1. The van der Waals surface area contributed by atoms with E-state index in [2.05, 4.69) is 19.2 Å². The van der Waals surface area contributed by atoms with Crippen LogP contribution in [-0.4, -0.2) is 13.7 Å². The monoisotopic (exact) mass is 227 g/mol. The Labute approximate surface area is 96.6 Å². The van der Waals surface area contributed by atoms with E-state index in [0.717, 1.165) is 29.4 Å². The first-order valence-electron chi connectivity index (χ1n) is 5.21. The van der Waals surface area contributed by atoms with Gasteiger partial charge in [-0.3, -0.25) is 0 Å². The molecule has 2 nitrogen and oxygen atoms in total. The Bertz CT molecular complexity index is 312. The van der Waals surface area contributed by atoms with Crippen LogP contribution in [0, 0.1) is 5.92 Å². The molecule has 0 aliphatic rings. The number of rotatable bonds is 5. The van der Waals surface area contributed by atoms with Gasteiger partial charge in [-0.2, -0.15) is 0 Å². The quantitative estimate of drug-likeness (QED) is 0.826. The molecule has 0 unspecified atom stereocenters. The Morgan fingerprint density at radius 2 is 2.13 bits per heavy atom. The molecule has 0 aromatic heterocycles. The molecular weight excluding hydrogens is 210 g/mol. The normalized spacial score (nSPS) is 10.5. The van der Waals surface area contributed by atoms with Crippen molar-refractivity contribution in [3.05, 3.63) is 23.2 Å². The van der Waals surface area contributed by atoms with E-state index in [1.165, 1.54) is 0 Å². The molecular formula is C12H18ClNO. The third kappa shape index (κ3) is 4.00. The predicted octanol–water partition coefficient (Wildman–Crippen LogP) is 3.81. The van der Waals surface area contributed by atoms with E-state index in [-0.39, 0.29) is 0 Å². The maximum atomic E-state index is 5.92. The first-order chi connectivity index (χ1) is 7.13. The van der Waals surface area contributed by atoms with Gasteiger partial charge in [-0.25, -0.2) is 0 Å². The van der Waals surface area contributed by atoms with E-state index in [1.54, 1.807) is 7.11 Å². The first kappa shape index (κ1) is 12.2. The van der Waals surface area contributed by atoms with Gasteiger partial charge in [0.05, 0.1) is 12.8 Å². The number of ether oxygens (including phenoxy) is 1. The lowest BCUT2D eigenvalue weighted by atomic mass is 10.1. The van der Waals surface area contributed by atoms with Gasteiger partial charge in [-0.05, 0) is 30.5 Å². The topological polar surface area (TPSA) is 21.3 Å². The SMILES string of the molecule is COc1ccc(Cl)cc1NCCC(C)C. The maximum Gasteiger partial charge on any atom is 0.142 e. The minimum Gasteiger partial charge on any atom is -0.495 e. The highest BCUT2D eigenvalue weighted by atomic mass is 35.5. The van der Waals surface area contributed by atoms with E-state index >= 15 is 0 Å². The van der Waals surface area contributed by atoms with Crippen molar-refractivity contribution in [1.29, 1.82) is 0 Å². The number of halogens is 1. The Balaban J connectivity index is 2.62. The van der Waals surface area contributed by atoms with Crippen molar-refractivity contribution in [3.8, 4) is 5.75 Å². The smallest absolute Gasteiger partial charge is 0.142 e. The number of methoxy groups -OCH3 is 1. The Hall–Kier alpha value is -0.890. The van der Waals surface area contributed by atoms with Crippen LogP contribution in [0.5, 0.6) is 5.75 Å². The van der Waals surface area contributed by atoms with E-state index in [1.807, 2.05) is 18.2 Å². The van der Waals surface area contributed by atoms with Crippen LogP contribution in [-0.2, 0) is 0 Å². The molecule has 0 bridgehead atoms. The van der Waals surface area contributed by atoms with Crippen LogP contribution in [0.2, 0.25) is 5.02 Å². The summed E-state index contributed by atoms with van der Waals surface area (Å²) in [6, 6.07) is 5.59. The van der Waals surface area contributed by atoms with Crippen LogP contribution in [0.3, 0.4) is 0 Å². The van der Waals surface area contributed by atoms with E-state index in [0.29, 0.717) is 5.92 Å². The fourth-order valence-electron chi connectivity index (χ4n) is 1.31. The molecule has 0 fully saturated rings. The molecule has 1 aromatic rings. The fourth-order valence-corrected chi connectivity index (χ4v) is 1.49. The molecule has 1 rings (SSSR count). The molecule has 0 amide bonds. The van der Waals surface area contributed by atoms with Gasteiger partial charge in [0.15, 0.2) is 0 Å². The number of anilines is 1.